The van der Waals surface area contributed by atoms with Gasteiger partial charge >= 0.3 is 12.4 Å². The Hall–Kier alpha value is -1.53. The summed E-state index contributed by atoms with van der Waals surface area (Å²) in [5, 5.41) is 0. The highest BCUT2D eigenvalue weighted by molar-refractivity contribution is 5.78. The Morgan fingerprint density at radius 2 is 1.53 bits per heavy atom. The molecule has 0 radical (unpaired) electrons. The molecular weight excluding hydrogens is 250 g/mol. The van der Waals surface area contributed by atoms with E-state index in [4.69, 9.17) is 0 Å². The minimum Gasteiger partial charge on any atom is -0.298 e. The first-order chi connectivity index (χ1) is 7.57. The van der Waals surface area contributed by atoms with Crippen molar-refractivity contribution in [3.63, 3.8) is 0 Å². The van der Waals surface area contributed by atoms with Crippen LogP contribution in [-0.2, 0) is 12.4 Å². The van der Waals surface area contributed by atoms with Crippen molar-refractivity contribution in [3.8, 4) is 0 Å². The number of halogens is 6. The van der Waals surface area contributed by atoms with Gasteiger partial charge in [0.05, 0.1) is 11.1 Å². The van der Waals surface area contributed by atoms with Crippen molar-refractivity contribution in [3.05, 3.63) is 34.4 Å². The van der Waals surface area contributed by atoms with Crippen LogP contribution in [0.25, 0.3) is 0 Å². The molecule has 0 aromatic heterocycles. The van der Waals surface area contributed by atoms with Crippen molar-refractivity contribution in [2.75, 3.05) is 0 Å². The zero-order chi connectivity index (χ0) is 13.4. The molecule has 1 nitrogen and oxygen atoms in total. The molecule has 7 heteroatoms. The summed E-state index contributed by atoms with van der Waals surface area (Å²) < 4.78 is 74.3. The predicted octanol–water partition coefficient (Wildman–Crippen LogP) is 3.85. The molecular formula is C10H6F6O. The topological polar surface area (TPSA) is 17.1 Å². The van der Waals surface area contributed by atoms with E-state index >= 15 is 0 Å². The maximum atomic E-state index is 12.4. The van der Waals surface area contributed by atoms with Crippen LogP contribution in [0.1, 0.15) is 27.0 Å². The highest BCUT2D eigenvalue weighted by Crippen LogP contribution is 2.38. The molecule has 0 N–H and O–H groups in total. The van der Waals surface area contributed by atoms with Gasteiger partial charge in [-0.1, -0.05) is 0 Å². The summed E-state index contributed by atoms with van der Waals surface area (Å²) in [6.45, 7) is 0.951. The summed E-state index contributed by atoms with van der Waals surface area (Å²) in [6.07, 6.45) is -9.88. The smallest absolute Gasteiger partial charge is 0.298 e. The summed E-state index contributed by atoms with van der Waals surface area (Å²) in [4.78, 5) is 10.5. The van der Waals surface area contributed by atoms with Crippen molar-refractivity contribution in [1.82, 2.24) is 0 Å². The number of aldehydes is 1. The number of carbonyl (C=O) groups is 1. The molecule has 94 valence electrons. The van der Waals surface area contributed by atoms with E-state index in [0.29, 0.717) is 6.07 Å². The van der Waals surface area contributed by atoms with Crippen LogP contribution in [0.15, 0.2) is 12.1 Å². The first kappa shape index (κ1) is 13.5. The minimum absolute atomic E-state index is 0.00231. The van der Waals surface area contributed by atoms with Crippen LogP contribution in [0.2, 0.25) is 0 Å². The second-order valence-electron chi connectivity index (χ2n) is 3.35. The fraction of sp³-hybridized carbons (Fsp3) is 0.300. The molecule has 1 aromatic carbocycles. The molecule has 1 rings (SSSR count). The van der Waals surface area contributed by atoms with E-state index in [9.17, 15) is 31.1 Å². The van der Waals surface area contributed by atoms with Crippen LogP contribution < -0.4 is 0 Å². The molecule has 0 aliphatic rings. The number of rotatable bonds is 1. The highest BCUT2D eigenvalue weighted by Gasteiger charge is 2.38. The summed E-state index contributed by atoms with van der Waals surface area (Å²) in [7, 11) is 0. The van der Waals surface area contributed by atoms with E-state index in [0.717, 1.165) is 6.92 Å². The molecule has 0 bridgehead atoms. The van der Waals surface area contributed by atoms with Gasteiger partial charge in [-0.25, -0.2) is 0 Å². The standard InChI is InChI=1S/C10H6F6O/c1-5-6(4-17)2-7(9(11,12)13)3-8(5)10(14,15)16/h2-4H,1H3. The van der Waals surface area contributed by atoms with Crippen LogP contribution in [-0.4, -0.2) is 6.29 Å². The van der Waals surface area contributed by atoms with Gasteiger partial charge in [-0.3, -0.25) is 4.79 Å². The van der Waals surface area contributed by atoms with Crippen molar-refractivity contribution >= 4 is 6.29 Å². The summed E-state index contributed by atoms with van der Waals surface area (Å²) in [6, 6.07) is 0.403. The Labute approximate surface area is 92.0 Å². The third kappa shape index (κ3) is 2.78. The molecule has 0 aliphatic carbocycles. The van der Waals surface area contributed by atoms with Crippen molar-refractivity contribution < 1.29 is 31.1 Å². The number of hydrogen-bond acceptors (Lipinski definition) is 1. The molecule has 1 aromatic rings. The lowest BCUT2D eigenvalue weighted by molar-refractivity contribution is -0.143. The molecule has 0 unspecified atom stereocenters. The zero-order valence-corrected chi connectivity index (χ0v) is 8.41. The number of carbonyl (C=O) groups excluding carboxylic acids is 1. The van der Waals surface area contributed by atoms with E-state index < -0.39 is 34.6 Å². The van der Waals surface area contributed by atoms with Gasteiger partial charge in [0.15, 0.2) is 0 Å². The predicted molar refractivity (Wildman–Crippen MR) is 46.6 cm³/mol. The van der Waals surface area contributed by atoms with Crippen LogP contribution in [0.3, 0.4) is 0 Å². The van der Waals surface area contributed by atoms with Gasteiger partial charge < -0.3 is 0 Å². The molecule has 0 fully saturated rings. The Morgan fingerprint density at radius 1 is 1.00 bits per heavy atom. The van der Waals surface area contributed by atoms with Gasteiger partial charge in [-0.15, -0.1) is 0 Å². The summed E-state index contributed by atoms with van der Waals surface area (Å²) in [5.74, 6) is 0. The van der Waals surface area contributed by atoms with E-state index in [1.54, 1.807) is 0 Å². The lowest BCUT2D eigenvalue weighted by Gasteiger charge is -2.15. The monoisotopic (exact) mass is 256 g/mol. The Morgan fingerprint density at radius 3 is 1.88 bits per heavy atom. The zero-order valence-electron chi connectivity index (χ0n) is 8.41. The lowest BCUT2D eigenvalue weighted by atomic mass is 9.98. The fourth-order valence-corrected chi connectivity index (χ4v) is 1.32. The fourth-order valence-electron chi connectivity index (χ4n) is 1.32. The number of alkyl halides is 6. The van der Waals surface area contributed by atoms with Crippen molar-refractivity contribution in [1.29, 1.82) is 0 Å². The molecule has 0 amide bonds. The third-order valence-corrected chi connectivity index (χ3v) is 2.21. The van der Waals surface area contributed by atoms with Gasteiger partial charge in [0.1, 0.15) is 6.29 Å². The van der Waals surface area contributed by atoms with E-state index in [2.05, 4.69) is 0 Å². The first-order valence-corrected chi connectivity index (χ1v) is 4.31. The number of benzene rings is 1. The highest BCUT2D eigenvalue weighted by atomic mass is 19.4. The van der Waals surface area contributed by atoms with Crippen LogP contribution in [0.4, 0.5) is 26.3 Å². The van der Waals surface area contributed by atoms with Crippen molar-refractivity contribution in [2.24, 2.45) is 0 Å². The van der Waals surface area contributed by atoms with E-state index in [-0.39, 0.29) is 12.4 Å². The quantitative estimate of drug-likeness (QED) is 0.551. The summed E-state index contributed by atoms with van der Waals surface area (Å²) in [5.41, 5.74) is -4.07. The van der Waals surface area contributed by atoms with Crippen molar-refractivity contribution in [2.45, 2.75) is 19.3 Å². The third-order valence-electron chi connectivity index (χ3n) is 2.21. The second-order valence-corrected chi connectivity index (χ2v) is 3.35. The van der Waals surface area contributed by atoms with Gasteiger partial charge in [0.2, 0.25) is 0 Å². The van der Waals surface area contributed by atoms with E-state index in [1.165, 1.54) is 0 Å². The Balaban J connectivity index is 3.56. The average Bonchev–Trinajstić information content (AvgIpc) is 2.14. The second kappa shape index (κ2) is 4.05. The molecule has 0 atom stereocenters. The average molecular weight is 256 g/mol. The van der Waals surface area contributed by atoms with Crippen LogP contribution in [0.5, 0.6) is 0 Å². The maximum absolute atomic E-state index is 12.4. The van der Waals surface area contributed by atoms with Gasteiger partial charge in [-0.05, 0) is 24.6 Å². The molecule has 0 saturated carbocycles. The lowest BCUT2D eigenvalue weighted by Crippen LogP contribution is -2.14. The largest absolute Gasteiger partial charge is 0.416 e. The first-order valence-electron chi connectivity index (χ1n) is 4.31. The maximum Gasteiger partial charge on any atom is 0.416 e. The molecule has 0 aliphatic heterocycles. The Kier molecular flexibility index (Phi) is 3.22. The molecule has 17 heavy (non-hydrogen) atoms. The van der Waals surface area contributed by atoms with Gasteiger partial charge in [0, 0.05) is 5.56 Å². The summed E-state index contributed by atoms with van der Waals surface area (Å²) >= 11 is 0. The normalized spacial score (nSPS) is 12.6. The van der Waals surface area contributed by atoms with Crippen LogP contribution >= 0.6 is 0 Å². The van der Waals surface area contributed by atoms with Crippen LogP contribution in [0, 0.1) is 6.92 Å². The molecule has 0 heterocycles. The van der Waals surface area contributed by atoms with Gasteiger partial charge in [-0.2, -0.15) is 26.3 Å². The molecule has 0 spiro atoms. The SMILES string of the molecule is Cc1c(C=O)cc(C(F)(F)F)cc1C(F)(F)F. The minimum atomic E-state index is -4.93. The van der Waals surface area contributed by atoms with E-state index in [1.807, 2.05) is 0 Å². The molecule has 0 saturated heterocycles. The van der Waals surface area contributed by atoms with Gasteiger partial charge in [0.25, 0.3) is 0 Å². The Bertz CT molecular complexity index is 443. The number of hydrogen-bond donors (Lipinski definition) is 0.